The molecule has 0 bridgehead atoms. The fourth-order valence-corrected chi connectivity index (χ4v) is 1.98. The number of methoxy groups -OCH3 is 1. The van der Waals surface area contributed by atoms with E-state index in [1.54, 1.807) is 0 Å². The fourth-order valence-electron chi connectivity index (χ4n) is 1.98. The normalized spacial score (nSPS) is 26.1. The Morgan fingerprint density at radius 1 is 1.53 bits per heavy atom. The van der Waals surface area contributed by atoms with E-state index in [4.69, 9.17) is 5.11 Å². The first-order valence-corrected chi connectivity index (χ1v) is 5.17. The van der Waals surface area contributed by atoms with Gasteiger partial charge in [-0.3, -0.25) is 4.90 Å². The molecule has 0 aromatic heterocycles. The number of aliphatic carboxylic acids is 1. The molecular formula is C10H17NO4. The molecule has 1 aliphatic rings. The minimum absolute atomic E-state index is 0.395. The zero-order valence-corrected chi connectivity index (χ0v) is 9.10. The van der Waals surface area contributed by atoms with Crippen molar-refractivity contribution in [1.82, 2.24) is 4.90 Å². The summed E-state index contributed by atoms with van der Waals surface area (Å²) in [6, 6.07) is -0.726. The lowest BCUT2D eigenvalue weighted by Gasteiger charge is -2.35. The van der Waals surface area contributed by atoms with E-state index >= 15 is 0 Å². The van der Waals surface area contributed by atoms with Crippen molar-refractivity contribution >= 4 is 12.1 Å². The van der Waals surface area contributed by atoms with Gasteiger partial charge in [0, 0.05) is 6.54 Å². The number of carbonyl (C=O) groups excluding carboxylic acids is 1. The Kier molecular flexibility index (Phi) is 3.94. The van der Waals surface area contributed by atoms with Crippen LogP contribution in [0, 0.1) is 5.92 Å². The van der Waals surface area contributed by atoms with Crippen LogP contribution in [0.4, 0.5) is 4.79 Å². The Hall–Kier alpha value is -1.26. The van der Waals surface area contributed by atoms with Crippen molar-refractivity contribution < 1.29 is 19.4 Å². The Bertz CT molecular complexity index is 254. The SMILES string of the molecule is CCC1CCN(C(=O)OC)C(C(=O)O)C1. The zero-order chi connectivity index (χ0) is 11.4. The van der Waals surface area contributed by atoms with Gasteiger partial charge in [0.05, 0.1) is 7.11 Å². The maximum Gasteiger partial charge on any atom is 0.410 e. The molecule has 2 atom stereocenters. The van der Waals surface area contributed by atoms with E-state index in [-0.39, 0.29) is 0 Å². The van der Waals surface area contributed by atoms with Crippen LogP contribution < -0.4 is 0 Å². The van der Waals surface area contributed by atoms with Crippen molar-refractivity contribution in [2.24, 2.45) is 5.92 Å². The van der Waals surface area contributed by atoms with Gasteiger partial charge in [0.15, 0.2) is 0 Å². The van der Waals surface area contributed by atoms with Gasteiger partial charge in [-0.05, 0) is 18.8 Å². The summed E-state index contributed by atoms with van der Waals surface area (Å²) in [5.41, 5.74) is 0. The van der Waals surface area contributed by atoms with Gasteiger partial charge in [-0.1, -0.05) is 13.3 Å². The summed E-state index contributed by atoms with van der Waals surface area (Å²) in [5.74, 6) is -0.550. The van der Waals surface area contributed by atoms with Crippen LogP contribution in [0.1, 0.15) is 26.2 Å². The lowest BCUT2D eigenvalue weighted by atomic mass is 9.89. The third-order valence-corrected chi connectivity index (χ3v) is 2.98. The van der Waals surface area contributed by atoms with Crippen LogP contribution in [-0.4, -0.2) is 41.8 Å². The second-order valence-electron chi connectivity index (χ2n) is 3.82. The summed E-state index contributed by atoms with van der Waals surface area (Å²) in [6.45, 7) is 2.51. The third kappa shape index (κ3) is 2.61. The first-order chi connectivity index (χ1) is 7.10. The highest BCUT2D eigenvalue weighted by atomic mass is 16.5. The third-order valence-electron chi connectivity index (χ3n) is 2.98. The molecule has 1 amide bonds. The van der Waals surface area contributed by atoms with E-state index in [1.165, 1.54) is 12.0 Å². The number of carboxylic acid groups (broad SMARTS) is 1. The van der Waals surface area contributed by atoms with Crippen molar-refractivity contribution in [3.8, 4) is 0 Å². The van der Waals surface area contributed by atoms with E-state index in [0.29, 0.717) is 18.9 Å². The number of hydrogen-bond acceptors (Lipinski definition) is 3. The van der Waals surface area contributed by atoms with Crippen LogP contribution in [-0.2, 0) is 9.53 Å². The Morgan fingerprint density at radius 3 is 2.67 bits per heavy atom. The highest BCUT2D eigenvalue weighted by Crippen LogP contribution is 2.25. The van der Waals surface area contributed by atoms with Crippen LogP contribution in [0.15, 0.2) is 0 Å². The van der Waals surface area contributed by atoms with E-state index in [2.05, 4.69) is 4.74 Å². The second-order valence-corrected chi connectivity index (χ2v) is 3.82. The highest BCUT2D eigenvalue weighted by Gasteiger charge is 2.36. The lowest BCUT2D eigenvalue weighted by Crippen LogP contribution is -2.50. The number of piperidine rings is 1. The summed E-state index contributed by atoms with van der Waals surface area (Å²) in [6.07, 6.45) is 1.80. The van der Waals surface area contributed by atoms with Crippen LogP contribution in [0.2, 0.25) is 0 Å². The number of amides is 1. The molecule has 1 rings (SSSR count). The molecule has 1 aliphatic heterocycles. The molecule has 1 saturated heterocycles. The van der Waals surface area contributed by atoms with Gasteiger partial charge < -0.3 is 9.84 Å². The number of carbonyl (C=O) groups is 2. The molecule has 0 aromatic rings. The molecule has 0 spiro atoms. The highest BCUT2D eigenvalue weighted by molar-refractivity contribution is 5.80. The van der Waals surface area contributed by atoms with Crippen LogP contribution in [0.25, 0.3) is 0 Å². The standard InChI is InChI=1S/C10H17NO4/c1-3-7-4-5-11(10(14)15-2)8(6-7)9(12)13/h7-8H,3-6H2,1-2H3,(H,12,13). The van der Waals surface area contributed by atoms with Gasteiger partial charge >= 0.3 is 12.1 Å². The summed E-state index contributed by atoms with van der Waals surface area (Å²) in [7, 11) is 1.27. The molecule has 0 aliphatic carbocycles. The van der Waals surface area contributed by atoms with Crippen molar-refractivity contribution in [2.45, 2.75) is 32.2 Å². The molecule has 86 valence electrons. The van der Waals surface area contributed by atoms with E-state index in [9.17, 15) is 9.59 Å². The molecule has 0 saturated carbocycles. The van der Waals surface area contributed by atoms with Gasteiger partial charge in [-0.2, -0.15) is 0 Å². The molecule has 0 radical (unpaired) electrons. The van der Waals surface area contributed by atoms with Crippen molar-refractivity contribution in [2.75, 3.05) is 13.7 Å². The van der Waals surface area contributed by atoms with E-state index in [0.717, 1.165) is 12.8 Å². The lowest BCUT2D eigenvalue weighted by molar-refractivity contribution is -0.144. The van der Waals surface area contributed by atoms with Crippen LogP contribution in [0.5, 0.6) is 0 Å². The predicted molar refractivity (Wildman–Crippen MR) is 53.5 cm³/mol. The minimum atomic E-state index is -0.946. The number of likely N-dealkylation sites (tertiary alicyclic amines) is 1. The average Bonchev–Trinajstić information content (AvgIpc) is 2.27. The molecule has 1 N–H and O–H groups in total. The summed E-state index contributed by atoms with van der Waals surface area (Å²) < 4.78 is 4.56. The predicted octanol–water partition coefficient (Wildman–Crippen LogP) is 1.33. The maximum atomic E-state index is 11.3. The summed E-state index contributed by atoms with van der Waals surface area (Å²) in [4.78, 5) is 23.6. The minimum Gasteiger partial charge on any atom is -0.480 e. The smallest absolute Gasteiger partial charge is 0.410 e. The zero-order valence-electron chi connectivity index (χ0n) is 9.10. The molecule has 5 heteroatoms. The quantitative estimate of drug-likeness (QED) is 0.754. The number of rotatable bonds is 2. The molecule has 2 unspecified atom stereocenters. The molecule has 1 fully saturated rings. The van der Waals surface area contributed by atoms with Crippen LogP contribution in [0.3, 0.4) is 0 Å². The van der Waals surface area contributed by atoms with Crippen molar-refractivity contribution in [3.63, 3.8) is 0 Å². The van der Waals surface area contributed by atoms with Crippen molar-refractivity contribution in [3.05, 3.63) is 0 Å². The molecule has 5 nitrogen and oxygen atoms in total. The van der Waals surface area contributed by atoms with Crippen LogP contribution >= 0.6 is 0 Å². The van der Waals surface area contributed by atoms with Gasteiger partial charge in [0.25, 0.3) is 0 Å². The van der Waals surface area contributed by atoms with Gasteiger partial charge in [-0.15, -0.1) is 0 Å². The first kappa shape index (κ1) is 11.8. The number of ether oxygens (including phenoxy) is 1. The first-order valence-electron chi connectivity index (χ1n) is 5.17. The van der Waals surface area contributed by atoms with Gasteiger partial charge in [-0.25, -0.2) is 9.59 Å². The number of nitrogens with zero attached hydrogens (tertiary/aromatic N) is 1. The molecule has 1 heterocycles. The second kappa shape index (κ2) is 5.00. The fraction of sp³-hybridized carbons (Fsp3) is 0.800. The largest absolute Gasteiger partial charge is 0.480 e. The van der Waals surface area contributed by atoms with E-state index < -0.39 is 18.1 Å². The Labute approximate surface area is 89.0 Å². The van der Waals surface area contributed by atoms with Gasteiger partial charge in [0.1, 0.15) is 6.04 Å². The average molecular weight is 215 g/mol. The monoisotopic (exact) mass is 215 g/mol. The van der Waals surface area contributed by atoms with Crippen molar-refractivity contribution in [1.29, 1.82) is 0 Å². The number of carboxylic acids is 1. The number of hydrogen-bond donors (Lipinski definition) is 1. The molecule has 0 aromatic carbocycles. The molecular weight excluding hydrogens is 198 g/mol. The summed E-state index contributed by atoms with van der Waals surface area (Å²) in [5, 5.41) is 9.02. The summed E-state index contributed by atoms with van der Waals surface area (Å²) >= 11 is 0. The molecule has 15 heavy (non-hydrogen) atoms. The van der Waals surface area contributed by atoms with E-state index in [1.807, 2.05) is 6.92 Å². The topological polar surface area (TPSA) is 66.8 Å². The van der Waals surface area contributed by atoms with Gasteiger partial charge in [0.2, 0.25) is 0 Å². The maximum absolute atomic E-state index is 11.3. The Morgan fingerprint density at radius 2 is 2.20 bits per heavy atom. The Balaban J connectivity index is 2.71.